The Balaban J connectivity index is 2.74. The summed E-state index contributed by atoms with van der Waals surface area (Å²) in [4.78, 5) is 0. The van der Waals surface area contributed by atoms with Crippen LogP contribution in [0.25, 0.3) is 0 Å². The first kappa shape index (κ1) is 14.8. The quantitative estimate of drug-likeness (QED) is 0.774. The highest BCUT2D eigenvalue weighted by Crippen LogP contribution is 2.28. The van der Waals surface area contributed by atoms with Crippen molar-refractivity contribution in [1.82, 2.24) is 5.32 Å². The predicted octanol–water partition coefficient (Wildman–Crippen LogP) is 2.93. The molecule has 1 N–H and O–H groups in total. The van der Waals surface area contributed by atoms with E-state index in [1.165, 1.54) is 0 Å². The van der Waals surface area contributed by atoms with Gasteiger partial charge in [0.25, 0.3) is 0 Å². The second-order valence-corrected chi connectivity index (χ2v) is 4.29. The third-order valence-electron chi connectivity index (χ3n) is 2.36. The minimum Gasteiger partial charge on any atom is -0.490 e. The van der Waals surface area contributed by atoms with E-state index in [1.54, 1.807) is 0 Å². The third kappa shape index (κ3) is 4.92. The van der Waals surface area contributed by atoms with Crippen LogP contribution >= 0.6 is 0 Å². The molecule has 0 saturated carbocycles. The predicted molar refractivity (Wildman–Crippen MR) is 71.1 cm³/mol. The maximum Gasteiger partial charge on any atom is 0.161 e. The average molecular weight is 255 g/mol. The highest BCUT2D eigenvalue weighted by Gasteiger charge is 2.06. The molecule has 0 spiro atoms. The standard InChI is InChI=1S/C14H22FNO2/c1-4-17-14-9-12(10-16-11(2)3)5-6-13(14)18-8-7-15/h5-6,9,11,16H,4,7-8,10H2,1-3H3. The van der Waals surface area contributed by atoms with Crippen LogP contribution in [0.1, 0.15) is 26.3 Å². The molecule has 0 aliphatic carbocycles. The van der Waals surface area contributed by atoms with Crippen LogP contribution in [-0.2, 0) is 6.54 Å². The van der Waals surface area contributed by atoms with Crippen LogP contribution < -0.4 is 14.8 Å². The highest BCUT2D eigenvalue weighted by molar-refractivity contribution is 5.43. The van der Waals surface area contributed by atoms with Gasteiger partial charge in [0.2, 0.25) is 0 Å². The van der Waals surface area contributed by atoms with Gasteiger partial charge in [0.15, 0.2) is 11.5 Å². The second kappa shape index (κ2) is 7.93. The molecule has 0 fully saturated rings. The average Bonchev–Trinajstić information content (AvgIpc) is 2.35. The molecule has 3 nitrogen and oxygen atoms in total. The summed E-state index contributed by atoms with van der Waals surface area (Å²) in [5.41, 5.74) is 1.12. The van der Waals surface area contributed by atoms with Gasteiger partial charge in [-0.15, -0.1) is 0 Å². The molecule has 0 amide bonds. The fourth-order valence-electron chi connectivity index (χ4n) is 1.52. The molecular weight excluding hydrogens is 233 g/mol. The molecule has 0 aromatic heterocycles. The molecule has 0 aliphatic heterocycles. The number of hydrogen-bond acceptors (Lipinski definition) is 3. The Morgan fingerprint density at radius 2 is 2.00 bits per heavy atom. The van der Waals surface area contributed by atoms with Crippen molar-refractivity contribution in [1.29, 1.82) is 0 Å². The molecule has 0 aliphatic rings. The van der Waals surface area contributed by atoms with Gasteiger partial charge in [0.05, 0.1) is 6.61 Å². The van der Waals surface area contributed by atoms with Gasteiger partial charge in [-0.1, -0.05) is 19.9 Å². The summed E-state index contributed by atoms with van der Waals surface area (Å²) in [5, 5.41) is 3.34. The molecule has 1 rings (SSSR count). The zero-order chi connectivity index (χ0) is 13.4. The van der Waals surface area contributed by atoms with Gasteiger partial charge in [-0.05, 0) is 24.6 Å². The fraction of sp³-hybridized carbons (Fsp3) is 0.571. The molecule has 1 aromatic rings. The molecule has 4 heteroatoms. The monoisotopic (exact) mass is 255 g/mol. The summed E-state index contributed by atoms with van der Waals surface area (Å²) in [6.07, 6.45) is 0. The maximum atomic E-state index is 12.1. The lowest BCUT2D eigenvalue weighted by Crippen LogP contribution is -2.21. The Morgan fingerprint density at radius 1 is 1.22 bits per heavy atom. The molecule has 18 heavy (non-hydrogen) atoms. The van der Waals surface area contributed by atoms with Gasteiger partial charge >= 0.3 is 0 Å². The van der Waals surface area contributed by atoms with E-state index in [0.29, 0.717) is 24.1 Å². The van der Waals surface area contributed by atoms with Crippen LogP contribution in [0, 0.1) is 0 Å². The molecule has 0 saturated heterocycles. The maximum absolute atomic E-state index is 12.1. The number of halogens is 1. The molecule has 102 valence electrons. The van der Waals surface area contributed by atoms with Crippen molar-refractivity contribution >= 4 is 0 Å². The normalized spacial score (nSPS) is 10.7. The van der Waals surface area contributed by atoms with Gasteiger partial charge < -0.3 is 14.8 Å². The Bertz CT molecular complexity index is 356. The summed E-state index contributed by atoms with van der Waals surface area (Å²) >= 11 is 0. The van der Waals surface area contributed by atoms with E-state index >= 15 is 0 Å². The Kier molecular flexibility index (Phi) is 6.50. The van der Waals surface area contributed by atoms with E-state index in [1.807, 2.05) is 25.1 Å². The van der Waals surface area contributed by atoms with Gasteiger partial charge in [0.1, 0.15) is 13.3 Å². The third-order valence-corrected chi connectivity index (χ3v) is 2.36. The molecule has 0 atom stereocenters. The van der Waals surface area contributed by atoms with Crippen molar-refractivity contribution in [3.05, 3.63) is 23.8 Å². The number of ether oxygens (including phenoxy) is 2. The van der Waals surface area contributed by atoms with E-state index in [-0.39, 0.29) is 6.61 Å². The van der Waals surface area contributed by atoms with E-state index in [9.17, 15) is 4.39 Å². The lowest BCUT2D eigenvalue weighted by atomic mass is 10.2. The second-order valence-electron chi connectivity index (χ2n) is 4.29. The van der Waals surface area contributed by atoms with Gasteiger partial charge in [-0.3, -0.25) is 0 Å². The number of rotatable bonds is 8. The minimum atomic E-state index is -0.498. The summed E-state index contributed by atoms with van der Waals surface area (Å²) in [7, 11) is 0. The van der Waals surface area contributed by atoms with Gasteiger partial charge in [-0.2, -0.15) is 0 Å². The first-order valence-electron chi connectivity index (χ1n) is 6.35. The zero-order valence-electron chi connectivity index (χ0n) is 11.3. The summed E-state index contributed by atoms with van der Waals surface area (Å²) in [6.45, 7) is 7.02. The van der Waals surface area contributed by atoms with Crippen molar-refractivity contribution in [2.75, 3.05) is 19.9 Å². The lowest BCUT2D eigenvalue weighted by molar-refractivity contribution is 0.251. The van der Waals surface area contributed by atoms with Crippen LogP contribution in [0.15, 0.2) is 18.2 Å². The summed E-state index contributed by atoms with van der Waals surface area (Å²) in [5.74, 6) is 1.27. The minimum absolute atomic E-state index is 0.0592. The van der Waals surface area contributed by atoms with Gasteiger partial charge in [-0.25, -0.2) is 4.39 Å². The Hall–Kier alpha value is -1.29. The molecule has 0 radical (unpaired) electrons. The largest absolute Gasteiger partial charge is 0.490 e. The van der Waals surface area contributed by atoms with Crippen molar-refractivity contribution in [3.8, 4) is 11.5 Å². The lowest BCUT2D eigenvalue weighted by Gasteiger charge is -2.14. The van der Waals surface area contributed by atoms with Gasteiger partial charge in [0, 0.05) is 12.6 Å². The number of benzene rings is 1. The number of hydrogen-bond donors (Lipinski definition) is 1. The zero-order valence-corrected chi connectivity index (χ0v) is 11.3. The molecule has 0 heterocycles. The van der Waals surface area contributed by atoms with Crippen molar-refractivity contribution in [2.45, 2.75) is 33.4 Å². The fourth-order valence-corrected chi connectivity index (χ4v) is 1.52. The SMILES string of the molecule is CCOc1cc(CNC(C)C)ccc1OCCF. The topological polar surface area (TPSA) is 30.5 Å². The van der Waals surface area contributed by atoms with E-state index in [2.05, 4.69) is 19.2 Å². The van der Waals surface area contributed by atoms with Crippen molar-refractivity contribution in [3.63, 3.8) is 0 Å². The van der Waals surface area contributed by atoms with Crippen molar-refractivity contribution < 1.29 is 13.9 Å². The van der Waals surface area contributed by atoms with Crippen LogP contribution in [0.4, 0.5) is 4.39 Å². The smallest absolute Gasteiger partial charge is 0.161 e. The summed E-state index contributed by atoms with van der Waals surface area (Å²) < 4.78 is 22.9. The van der Waals surface area contributed by atoms with E-state index in [4.69, 9.17) is 9.47 Å². The van der Waals surface area contributed by atoms with E-state index in [0.717, 1.165) is 12.1 Å². The van der Waals surface area contributed by atoms with Crippen LogP contribution in [-0.4, -0.2) is 25.9 Å². The molecular formula is C14H22FNO2. The van der Waals surface area contributed by atoms with E-state index < -0.39 is 6.67 Å². The number of nitrogens with one attached hydrogen (secondary N) is 1. The van der Waals surface area contributed by atoms with Crippen LogP contribution in [0.5, 0.6) is 11.5 Å². The molecule has 0 bridgehead atoms. The Labute approximate surface area is 108 Å². The first-order valence-corrected chi connectivity index (χ1v) is 6.35. The van der Waals surface area contributed by atoms with Crippen LogP contribution in [0.3, 0.4) is 0 Å². The first-order chi connectivity index (χ1) is 8.67. The molecule has 0 unspecified atom stereocenters. The number of alkyl halides is 1. The van der Waals surface area contributed by atoms with Crippen LogP contribution in [0.2, 0.25) is 0 Å². The highest BCUT2D eigenvalue weighted by atomic mass is 19.1. The summed E-state index contributed by atoms with van der Waals surface area (Å²) in [6, 6.07) is 6.17. The van der Waals surface area contributed by atoms with Crippen molar-refractivity contribution in [2.24, 2.45) is 0 Å². The molecule has 1 aromatic carbocycles. The Morgan fingerprint density at radius 3 is 2.61 bits per heavy atom.